The van der Waals surface area contributed by atoms with Crippen LogP contribution in [0.25, 0.3) is 0 Å². The average molecular weight is 237 g/mol. The summed E-state index contributed by atoms with van der Waals surface area (Å²) in [5.41, 5.74) is 1.21. The molecule has 1 aromatic carbocycles. The Hall–Kier alpha value is -1.13. The number of para-hydroxylation sites is 1. The Balaban J connectivity index is 1.93. The molecule has 92 valence electrons. The van der Waals surface area contributed by atoms with Crippen LogP contribution < -0.4 is 4.90 Å². The highest BCUT2D eigenvalue weighted by atomic mass is 19.1. The largest absolute Gasteiger partial charge is 0.392 e. The summed E-state index contributed by atoms with van der Waals surface area (Å²) in [6.45, 7) is 1.33. The highest BCUT2D eigenvalue weighted by Crippen LogP contribution is 2.32. The van der Waals surface area contributed by atoms with Gasteiger partial charge in [-0.25, -0.2) is 4.39 Å². The summed E-state index contributed by atoms with van der Waals surface area (Å²) in [7, 11) is 0. The fraction of sp³-hybridized carbons (Fsp3) is 0.538. The van der Waals surface area contributed by atoms with Gasteiger partial charge in [0.05, 0.1) is 24.5 Å². The first-order valence-corrected chi connectivity index (χ1v) is 6.06. The first-order valence-electron chi connectivity index (χ1n) is 6.06. The molecule has 0 aliphatic carbocycles. The number of ether oxygens (including phenoxy) is 1. The summed E-state index contributed by atoms with van der Waals surface area (Å²) in [6, 6.07) is 4.86. The maximum absolute atomic E-state index is 13.9. The van der Waals surface area contributed by atoms with E-state index in [9.17, 15) is 9.50 Å². The zero-order valence-corrected chi connectivity index (χ0v) is 9.60. The van der Waals surface area contributed by atoms with Crippen molar-refractivity contribution in [1.29, 1.82) is 0 Å². The van der Waals surface area contributed by atoms with Crippen molar-refractivity contribution in [2.24, 2.45) is 0 Å². The van der Waals surface area contributed by atoms with Gasteiger partial charge in [-0.2, -0.15) is 0 Å². The molecule has 3 rings (SSSR count). The molecule has 2 atom stereocenters. The van der Waals surface area contributed by atoms with Crippen LogP contribution in [0.1, 0.15) is 18.4 Å². The minimum atomic E-state index is -0.252. The van der Waals surface area contributed by atoms with E-state index in [-0.39, 0.29) is 24.6 Å². The first-order chi connectivity index (χ1) is 8.28. The van der Waals surface area contributed by atoms with Gasteiger partial charge < -0.3 is 14.7 Å². The quantitative estimate of drug-likeness (QED) is 0.849. The molecule has 2 heterocycles. The summed E-state index contributed by atoms with van der Waals surface area (Å²) >= 11 is 0. The van der Waals surface area contributed by atoms with Gasteiger partial charge in [0.1, 0.15) is 5.82 Å². The molecule has 2 fully saturated rings. The van der Waals surface area contributed by atoms with E-state index in [4.69, 9.17) is 4.74 Å². The van der Waals surface area contributed by atoms with Crippen molar-refractivity contribution in [2.45, 2.75) is 31.7 Å². The van der Waals surface area contributed by atoms with Crippen molar-refractivity contribution in [3.8, 4) is 0 Å². The number of aliphatic hydroxyl groups excluding tert-OH is 1. The maximum atomic E-state index is 13.9. The summed E-state index contributed by atoms with van der Waals surface area (Å²) in [5.74, 6) is -0.252. The Morgan fingerprint density at radius 3 is 2.65 bits per heavy atom. The van der Waals surface area contributed by atoms with Crippen molar-refractivity contribution in [1.82, 2.24) is 0 Å². The molecule has 0 spiro atoms. The molecule has 17 heavy (non-hydrogen) atoms. The molecule has 2 bridgehead atoms. The first kappa shape index (κ1) is 11.0. The van der Waals surface area contributed by atoms with Gasteiger partial charge in [0, 0.05) is 18.7 Å². The predicted octanol–water partition coefficient (Wildman–Crippen LogP) is 1.69. The monoisotopic (exact) mass is 237 g/mol. The molecule has 0 saturated carbocycles. The zero-order chi connectivity index (χ0) is 11.8. The van der Waals surface area contributed by atoms with Crippen LogP contribution in [0.3, 0.4) is 0 Å². The second kappa shape index (κ2) is 4.27. The molecule has 0 aromatic heterocycles. The van der Waals surface area contributed by atoms with E-state index in [2.05, 4.69) is 0 Å². The Morgan fingerprint density at radius 2 is 2.00 bits per heavy atom. The molecule has 0 radical (unpaired) electrons. The van der Waals surface area contributed by atoms with Crippen LogP contribution >= 0.6 is 0 Å². The van der Waals surface area contributed by atoms with Crippen LogP contribution in [0.4, 0.5) is 10.1 Å². The number of aliphatic hydroxyl groups is 1. The minimum absolute atomic E-state index is 0.125. The topological polar surface area (TPSA) is 32.7 Å². The molecule has 0 amide bonds. The summed E-state index contributed by atoms with van der Waals surface area (Å²) < 4.78 is 19.6. The fourth-order valence-corrected chi connectivity index (χ4v) is 2.84. The van der Waals surface area contributed by atoms with Crippen molar-refractivity contribution in [3.05, 3.63) is 29.6 Å². The summed E-state index contributed by atoms with van der Waals surface area (Å²) in [4.78, 5) is 2.02. The zero-order valence-electron chi connectivity index (χ0n) is 9.60. The number of morpholine rings is 1. The Morgan fingerprint density at radius 1 is 1.29 bits per heavy atom. The third kappa shape index (κ3) is 1.91. The van der Waals surface area contributed by atoms with E-state index >= 15 is 0 Å². The van der Waals surface area contributed by atoms with Crippen LogP contribution in [0, 0.1) is 5.82 Å². The van der Waals surface area contributed by atoms with Gasteiger partial charge >= 0.3 is 0 Å². The standard InChI is InChI=1S/C13H16FNO2/c14-12-3-1-2-9(8-16)13(12)15-6-10-4-5-11(7-15)17-10/h1-3,10-11,16H,4-8H2. The Labute approximate surface area is 99.8 Å². The smallest absolute Gasteiger partial charge is 0.146 e. The lowest BCUT2D eigenvalue weighted by Crippen LogP contribution is -2.43. The number of benzene rings is 1. The molecule has 2 saturated heterocycles. The van der Waals surface area contributed by atoms with Gasteiger partial charge in [0.15, 0.2) is 0 Å². The van der Waals surface area contributed by atoms with Gasteiger partial charge in [-0.1, -0.05) is 12.1 Å². The van der Waals surface area contributed by atoms with Crippen LogP contribution in [0.5, 0.6) is 0 Å². The maximum Gasteiger partial charge on any atom is 0.146 e. The van der Waals surface area contributed by atoms with Crippen LogP contribution in [-0.2, 0) is 11.3 Å². The molecule has 2 unspecified atom stereocenters. The van der Waals surface area contributed by atoms with E-state index in [0.29, 0.717) is 11.3 Å². The third-order valence-electron chi connectivity index (χ3n) is 3.60. The lowest BCUT2D eigenvalue weighted by molar-refractivity contribution is 0.0301. The predicted molar refractivity (Wildman–Crippen MR) is 62.4 cm³/mol. The lowest BCUT2D eigenvalue weighted by atomic mass is 10.1. The Kier molecular flexibility index (Phi) is 2.76. The molecule has 3 nitrogen and oxygen atoms in total. The van der Waals surface area contributed by atoms with Gasteiger partial charge in [-0.05, 0) is 18.9 Å². The molecule has 4 heteroatoms. The molecule has 1 N–H and O–H groups in total. The van der Waals surface area contributed by atoms with Gasteiger partial charge in [-0.15, -0.1) is 0 Å². The highest BCUT2D eigenvalue weighted by molar-refractivity contribution is 5.55. The molecule has 2 aliphatic heterocycles. The Bertz CT molecular complexity index is 412. The SMILES string of the molecule is OCc1cccc(F)c1N1CC2CCC(C1)O2. The number of fused-ring (bicyclic) bond motifs is 2. The third-order valence-corrected chi connectivity index (χ3v) is 3.60. The molecule has 2 aliphatic rings. The van der Waals surface area contributed by atoms with Gasteiger partial charge in [0.2, 0.25) is 0 Å². The van der Waals surface area contributed by atoms with E-state index in [0.717, 1.165) is 25.9 Å². The molecular formula is C13H16FNO2. The molecular weight excluding hydrogens is 221 g/mol. The number of anilines is 1. The molecule has 1 aromatic rings. The minimum Gasteiger partial charge on any atom is -0.392 e. The number of hydrogen-bond acceptors (Lipinski definition) is 3. The van der Waals surface area contributed by atoms with E-state index in [1.54, 1.807) is 12.1 Å². The van der Waals surface area contributed by atoms with Crippen LogP contribution in [0.15, 0.2) is 18.2 Å². The second-order valence-electron chi connectivity index (χ2n) is 4.77. The number of halogens is 1. The van der Waals surface area contributed by atoms with Crippen molar-refractivity contribution in [3.63, 3.8) is 0 Å². The lowest BCUT2D eigenvalue weighted by Gasteiger charge is -2.35. The summed E-state index contributed by atoms with van der Waals surface area (Å²) in [6.07, 6.45) is 2.56. The summed E-state index contributed by atoms with van der Waals surface area (Å²) in [5, 5.41) is 9.30. The van der Waals surface area contributed by atoms with Crippen LogP contribution in [-0.4, -0.2) is 30.4 Å². The van der Waals surface area contributed by atoms with Gasteiger partial charge in [0.25, 0.3) is 0 Å². The average Bonchev–Trinajstić information content (AvgIpc) is 2.68. The van der Waals surface area contributed by atoms with Crippen molar-refractivity contribution >= 4 is 5.69 Å². The van der Waals surface area contributed by atoms with Crippen LogP contribution in [0.2, 0.25) is 0 Å². The van der Waals surface area contributed by atoms with Crippen molar-refractivity contribution in [2.75, 3.05) is 18.0 Å². The van der Waals surface area contributed by atoms with E-state index in [1.165, 1.54) is 6.07 Å². The normalized spacial score (nSPS) is 27.5. The van der Waals surface area contributed by atoms with E-state index < -0.39 is 0 Å². The number of rotatable bonds is 2. The fourth-order valence-electron chi connectivity index (χ4n) is 2.84. The van der Waals surface area contributed by atoms with Gasteiger partial charge in [-0.3, -0.25) is 0 Å². The number of hydrogen-bond donors (Lipinski definition) is 1. The van der Waals surface area contributed by atoms with E-state index in [1.807, 2.05) is 4.90 Å². The second-order valence-corrected chi connectivity index (χ2v) is 4.77. The number of nitrogens with zero attached hydrogens (tertiary/aromatic N) is 1. The highest BCUT2D eigenvalue weighted by Gasteiger charge is 2.35. The van der Waals surface area contributed by atoms with Crippen molar-refractivity contribution < 1.29 is 14.2 Å².